The van der Waals surface area contributed by atoms with E-state index in [1.807, 2.05) is 12.5 Å². The van der Waals surface area contributed by atoms with Crippen LogP contribution in [0.2, 0.25) is 0 Å². The second kappa shape index (κ2) is 3.57. The van der Waals surface area contributed by atoms with Crippen molar-refractivity contribution in [2.24, 2.45) is 0 Å². The number of aryl methyl sites for hydroxylation is 1. The van der Waals surface area contributed by atoms with Crippen molar-refractivity contribution in [2.75, 3.05) is 6.26 Å². The molecule has 0 bridgehead atoms. The molecule has 0 aliphatic heterocycles. The molecule has 54 valence electrons. The van der Waals surface area contributed by atoms with Gasteiger partial charge in [-0.2, -0.15) is 0 Å². The summed E-state index contributed by atoms with van der Waals surface area (Å²) >= 11 is 3.96. The van der Waals surface area contributed by atoms with Crippen molar-refractivity contribution in [1.82, 2.24) is 4.98 Å². The summed E-state index contributed by atoms with van der Waals surface area (Å²) in [5.74, 6) is 0. The summed E-state index contributed by atoms with van der Waals surface area (Å²) in [6, 6.07) is 2.10. The first-order valence-electron chi connectivity index (χ1n) is 2.90. The number of aromatic nitrogens is 1. The molecule has 0 N–H and O–H groups in total. The molecule has 0 aromatic carbocycles. The first-order chi connectivity index (χ1) is 4.74. The van der Waals surface area contributed by atoms with Crippen molar-refractivity contribution in [2.45, 2.75) is 11.9 Å². The van der Waals surface area contributed by atoms with E-state index in [0.29, 0.717) is 0 Å². The molecule has 1 aromatic heterocycles. The van der Waals surface area contributed by atoms with Gasteiger partial charge in [-0.15, -0.1) is 11.8 Å². The van der Waals surface area contributed by atoms with E-state index in [-0.39, 0.29) is 0 Å². The molecule has 3 heteroatoms. The Hall–Kier alpha value is 0.230. The van der Waals surface area contributed by atoms with E-state index in [4.69, 9.17) is 0 Å². The molecule has 0 unspecified atom stereocenters. The normalized spacial score (nSPS) is 9.90. The molecule has 0 aliphatic carbocycles. The van der Waals surface area contributed by atoms with Crippen molar-refractivity contribution >= 4 is 34.4 Å². The number of pyridine rings is 1. The van der Waals surface area contributed by atoms with Crippen LogP contribution in [-0.4, -0.2) is 11.2 Å². The lowest BCUT2D eigenvalue weighted by Gasteiger charge is -1.98. The summed E-state index contributed by atoms with van der Waals surface area (Å²) in [7, 11) is 0. The molecule has 1 nitrogen and oxygen atoms in total. The fourth-order valence-electron chi connectivity index (χ4n) is 0.625. The lowest BCUT2D eigenvalue weighted by Crippen LogP contribution is -1.84. The number of hydrogen-bond donors (Lipinski definition) is 0. The first-order valence-corrected chi connectivity index (χ1v) is 5.20. The van der Waals surface area contributed by atoms with Crippen LogP contribution in [0.4, 0.5) is 0 Å². The highest BCUT2D eigenvalue weighted by atomic mass is 127. The Morgan fingerprint density at radius 1 is 1.60 bits per heavy atom. The van der Waals surface area contributed by atoms with Crippen LogP contribution in [0.3, 0.4) is 0 Å². The summed E-state index contributed by atoms with van der Waals surface area (Å²) < 4.78 is 1.23. The Kier molecular flexibility index (Phi) is 2.97. The number of nitrogens with zero attached hydrogens (tertiary/aromatic N) is 1. The van der Waals surface area contributed by atoms with Gasteiger partial charge in [-0.25, -0.2) is 4.98 Å². The fourth-order valence-corrected chi connectivity index (χ4v) is 1.37. The van der Waals surface area contributed by atoms with E-state index in [1.54, 1.807) is 11.8 Å². The number of halogens is 1. The summed E-state index contributed by atoms with van der Waals surface area (Å²) in [6.07, 6.45) is 3.94. The van der Waals surface area contributed by atoms with Gasteiger partial charge in [-0.1, -0.05) is 0 Å². The monoisotopic (exact) mass is 265 g/mol. The van der Waals surface area contributed by atoms with Gasteiger partial charge >= 0.3 is 0 Å². The predicted octanol–water partition coefficient (Wildman–Crippen LogP) is 2.72. The van der Waals surface area contributed by atoms with Crippen molar-refractivity contribution in [1.29, 1.82) is 0 Å². The van der Waals surface area contributed by atoms with Gasteiger partial charge in [0.2, 0.25) is 0 Å². The number of rotatable bonds is 1. The average Bonchev–Trinajstić information content (AvgIpc) is 1.95. The molecular formula is C7H8INS. The van der Waals surface area contributed by atoms with Gasteiger partial charge < -0.3 is 0 Å². The van der Waals surface area contributed by atoms with Gasteiger partial charge in [0.1, 0.15) is 0 Å². The van der Waals surface area contributed by atoms with Gasteiger partial charge in [0, 0.05) is 9.77 Å². The van der Waals surface area contributed by atoms with Crippen LogP contribution in [0, 0.1) is 10.5 Å². The third-order valence-corrected chi connectivity index (χ3v) is 3.00. The van der Waals surface area contributed by atoms with Gasteiger partial charge in [-0.05, 0) is 47.4 Å². The molecule has 0 saturated carbocycles. The summed E-state index contributed by atoms with van der Waals surface area (Å²) in [4.78, 5) is 4.21. The molecule has 0 saturated heterocycles. The van der Waals surface area contributed by atoms with Crippen molar-refractivity contribution in [3.8, 4) is 0 Å². The molecule has 0 radical (unpaired) electrons. The third-order valence-electron chi connectivity index (χ3n) is 1.23. The SMILES string of the molecule is CSc1cc(C)c(I)cn1. The molecule has 0 amide bonds. The van der Waals surface area contributed by atoms with Crippen LogP contribution in [-0.2, 0) is 0 Å². The summed E-state index contributed by atoms with van der Waals surface area (Å²) in [5, 5.41) is 1.10. The Bertz CT molecular complexity index is 237. The zero-order valence-electron chi connectivity index (χ0n) is 5.89. The maximum absolute atomic E-state index is 4.21. The second-order valence-electron chi connectivity index (χ2n) is 1.98. The van der Waals surface area contributed by atoms with Crippen LogP contribution < -0.4 is 0 Å². The molecule has 1 heterocycles. The smallest absolute Gasteiger partial charge is 0.0960 e. The van der Waals surface area contributed by atoms with Crippen LogP contribution >= 0.6 is 34.4 Å². The van der Waals surface area contributed by atoms with E-state index in [0.717, 1.165) is 5.03 Å². The number of thioether (sulfide) groups is 1. The molecule has 10 heavy (non-hydrogen) atoms. The highest BCUT2D eigenvalue weighted by molar-refractivity contribution is 14.1. The van der Waals surface area contributed by atoms with Gasteiger partial charge in [0.05, 0.1) is 5.03 Å². The Morgan fingerprint density at radius 2 is 2.30 bits per heavy atom. The molecule has 1 rings (SSSR count). The Labute approximate surface area is 78.8 Å². The summed E-state index contributed by atoms with van der Waals surface area (Å²) in [5.41, 5.74) is 1.31. The van der Waals surface area contributed by atoms with E-state index in [1.165, 1.54) is 9.13 Å². The number of hydrogen-bond acceptors (Lipinski definition) is 2. The van der Waals surface area contributed by atoms with Gasteiger partial charge in [0.25, 0.3) is 0 Å². The Balaban J connectivity index is 3.04. The summed E-state index contributed by atoms with van der Waals surface area (Å²) in [6.45, 7) is 2.10. The topological polar surface area (TPSA) is 12.9 Å². The van der Waals surface area contributed by atoms with E-state index >= 15 is 0 Å². The maximum atomic E-state index is 4.21. The third kappa shape index (κ3) is 1.85. The molecule has 1 aromatic rings. The van der Waals surface area contributed by atoms with Crippen LogP contribution in [0.15, 0.2) is 17.3 Å². The Morgan fingerprint density at radius 3 is 2.80 bits per heavy atom. The van der Waals surface area contributed by atoms with Crippen molar-refractivity contribution in [3.05, 3.63) is 21.4 Å². The van der Waals surface area contributed by atoms with Gasteiger partial charge in [0.15, 0.2) is 0 Å². The lowest BCUT2D eigenvalue weighted by molar-refractivity contribution is 1.10. The van der Waals surface area contributed by atoms with E-state index in [9.17, 15) is 0 Å². The van der Waals surface area contributed by atoms with Crippen LogP contribution in [0.5, 0.6) is 0 Å². The van der Waals surface area contributed by atoms with E-state index in [2.05, 4.69) is 40.6 Å². The molecule has 0 aliphatic rings. The van der Waals surface area contributed by atoms with Crippen LogP contribution in [0.1, 0.15) is 5.56 Å². The standard InChI is InChI=1S/C7H8INS/c1-5-3-7(10-2)9-4-6(5)8/h3-4H,1-2H3. The van der Waals surface area contributed by atoms with Crippen molar-refractivity contribution < 1.29 is 0 Å². The van der Waals surface area contributed by atoms with Crippen LogP contribution in [0.25, 0.3) is 0 Å². The minimum absolute atomic E-state index is 1.10. The molecule has 0 fully saturated rings. The average molecular weight is 265 g/mol. The molecular weight excluding hydrogens is 257 g/mol. The molecule has 0 spiro atoms. The largest absolute Gasteiger partial charge is 0.249 e. The zero-order valence-corrected chi connectivity index (χ0v) is 8.86. The lowest BCUT2D eigenvalue weighted by atomic mass is 10.3. The zero-order chi connectivity index (χ0) is 7.56. The quantitative estimate of drug-likeness (QED) is 0.572. The maximum Gasteiger partial charge on any atom is 0.0960 e. The molecule has 0 atom stereocenters. The minimum atomic E-state index is 1.10. The highest BCUT2D eigenvalue weighted by Crippen LogP contribution is 2.16. The second-order valence-corrected chi connectivity index (χ2v) is 3.96. The fraction of sp³-hybridized carbons (Fsp3) is 0.286. The van der Waals surface area contributed by atoms with Gasteiger partial charge in [-0.3, -0.25) is 0 Å². The highest BCUT2D eigenvalue weighted by Gasteiger charge is 1.95. The van der Waals surface area contributed by atoms with E-state index < -0.39 is 0 Å². The predicted molar refractivity (Wildman–Crippen MR) is 53.5 cm³/mol. The first kappa shape index (κ1) is 8.33. The van der Waals surface area contributed by atoms with Crippen molar-refractivity contribution in [3.63, 3.8) is 0 Å². The minimum Gasteiger partial charge on any atom is -0.249 e.